The van der Waals surface area contributed by atoms with E-state index >= 15 is 0 Å². The summed E-state index contributed by atoms with van der Waals surface area (Å²) >= 11 is 0. The van der Waals surface area contributed by atoms with Gasteiger partial charge in [0.05, 0.1) is 5.69 Å². The molecule has 1 heterocycles. The molecule has 0 radical (unpaired) electrons. The molecule has 0 unspecified atom stereocenters. The third-order valence-electron chi connectivity index (χ3n) is 1.08. The van der Waals surface area contributed by atoms with Crippen LogP contribution in [0.2, 0.25) is 0 Å². The number of hydrogen-bond donors (Lipinski definition) is 1. The fourth-order valence-corrected chi connectivity index (χ4v) is 0.559. The van der Waals surface area contributed by atoms with Gasteiger partial charge in [0.2, 0.25) is 0 Å². The lowest BCUT2D eigenvalue weighted by molar-refractivity contribution is 0.111. The van der Waals surface area contributed by atoms with E-state index in [0.717, 1.165) is 6.07 Å². The summed E-state index contributed by atoms with van der Waals surface area (Å²) in [6.07, 6.45) is 1.60. The van der Waals surface area contributed by atoms with Crippen LogP contribution in [0.3, 0.4) is 0 Å². The molecule has 0 bridgehead atoms. The Hall–Kier alpha value is -1.45. The van der Waals surface area contributed by atoms with Gasteiger partial charge in [-0.15, -0.1) is 0 Å². The van der Waals surface area contributed by atoms with Crippen LogP contribution in [0.25, 0.3) is 0 Å². The van der Waals surface area contributed by atoms with Gasteiger partial charge in [0.25, 0.3) is 0 Å². The molecule has 0 aliphatic heterocycles. The average molecular weight is 140 g/mol. The zero-order valence-electron chi connectivity index (χ0n) is 5.04. The summed E-state index contributed by atoms with van der Waals surface area (Å²) in [5, 5.41) is 0. The largest absolute Gasteiger partial charge is 0.394 e. The topological polar surface area (TPSA) is 56.0 Å². The quantitative estimate of drug-likeness (QED) is 0.581. The van der Waals surface area contributed by atoms with Gasteiger partial charge in [-0.2, -0.15) is 0 Å². The van der Waals surface area contributed by atoms with Crippen molar-refractivity contribution in [2.24, 2.45) is 0 Å². The maximum Gasteiger partial charge on any atom is 0.170 e. The molecule has 2 N–H and O–H groups in total. The van der Waals surface area contributed by atoms with Crippen molar-refractivity contribution in [3.05, 3.63) is 23.8 Å². The fourth-order valence-electron chi connectivity index (χ4n) is 0.559. The average Bonchev–Trinajstić information content (AvgIpc) is 1.95. The normalized spacial score (nSPS) is 9.30. The van der Waals surface area contributed by atoms with Crippen molar-refractivity contribution in [3.63, 3.8) is 0 Å². The van der Waals surface area contributed by atoms with Crippen LogP contribution in [0, 0.1) is 5.82 Å². The van der Waals surface area contributed by atoms with Crippen molar-refractivity contribution in [2.75, 3.05) is 5.73 Å². The summed E-state index contributed by atoms with van der Waals surface area (Å²) in [4.78, 5) is 13.6. The second-order valence-corrected chi connectivity index (χ2v) is 1.71. The number of rotatable bonds is 1. The maximum atomic E-state index is 12.4. The molecule has 4 heteroatoms. The van der Waals surface area contributed by atoms with Gasteiger partial charge in [-0.3, -0.25) is 9.78 Å². The first-order chi connectivity index (χ1) is 4.75. The van der Waals surface area contributed by atoms with Crippen LogP contribution in [0.15, 0.2) is 12.3 Å². The molecule has 0 atom stereocenters. The summed E-state index contributed by atoms with van der Waals surface area (Å²) in [6, 6.07) is 1.10. The molecule has 0 saturated heterocycles. The first-order valence-corrected chi connectivity index (χ1v) is 2.61. The highest BCUT2D eigenvalue weighted by atomic mass is 19.1. The second-order valence-electron chi connectivity index (χ2n) is 1.71. The van der Waals surface area contributed by atoms with E-state index in [9.17, 15) is 9.18 Å². The van der Waals surface area contributed by atoms with E-state index in [1.54, 1.807) is 0 Å². The Morgan fingerprint density at radius 2 is 2.40 bits per heavy atom. The number of pyridine rings is 1. The van der Waals surface area contributed by atoms with Gasteiger partial charge in [-0.1, -0.05) is 0 Å². The van der Waals surface area contributed by atoms with Gasteiger partial charge < -0.3 is 5.73 Å². The molecule has 0 fully saturated rings. The molecular weight excluding hydrogens is 135 g/mol. The van der Waals surface area contributed by atoms with E-state index in [1.807, 2.05) is 0 Å². The number of nitrogen functional groups attached to an aromatic ring is 1. The molecular formula is C6H5FN2O. The van der Waals surface area contributed by atoms with Crippen LogP contribution in [-0.2, 0) is 0 Å². The Bertz CT molecular complexity index is 262. The number of hydrogen-bond acceptors (Lipinski definition) is 3. The van der Waals surface area contributed by atoms with E-state index in [-0.39, 0.29) is 11.4 Å². The molecule has 0 amide bonds. The van der Waals surface area contributed by atoms with Gasteiger partial charge in [-0.25, -0.2) is 4.39 Å². The van der Waals surface area contributed by atoms with Gasteiger partial charge >= 0.3 is 0 Å². The Morgan fingerprint density at radius 1 is 1.70 bits per heavy atom. The van der Waals surface area contributed by atoms with E-state index in [2.05, 4.69) is 4.98 Å². The van der Waals surface area contributed by atoms with Crippen molar-refractivity contribution in [1.29, 1.82) is 0 Å². The summed E-state index contributed by atoms with van der Waals surface area (Å²) in [6.45, 7) is 0. The molecule has 0 saturated carbocycles. The van der Waals surface area contributed by atoms with Crippen molar-refractivity contribution >= 4 is 12.0 Å². The summed E-state index contributed by atoms with van der Waals surface area (Å²) in [7, 11) is 0. The van der Waals surface area contributed by atoms with Crippen molar-refractivity contribution < 1.29 is 9.18 Å². The highest BCUT2D eigenvalue weighted by Crippen LogP contribution is 2.09. The number of aromatic nitrogens is 1. The lowest BCUT2D eigenvalue weighted by Gasteiger charge is -1.95. The van der Waals surface area contributed by atoms with Crippen LogP contribution >= 0.6 is 0 Å². The highest BCUT2D eigenvalue weighted by molar-refractivity contribution is 5.80. The lowest BCUT2D eigenvalue weighted by atomic mass is 10.3. The Kier molecular flexibility index (Phi) is 1.62. The molecule has 10 heavy (non-hydrogen) atoms. The molecule has 1 aromatic rings. The number of nitrogens with two attached hydrogens (primary N) is 1. The molecule has 0 aliphatic rings. The van der Waals surface area contributed by atoms with Crippen LogP contribution in [0.4, 0.5) is 10.1 Å². The number of aldehydes is 1. The smallest absolute Gasteiger partial charge is 0.170 e. The van der Waals surface area contributed by atoms with Gasteiger partial charge in [0, 0.05) is 6.20 Å². The van der Waals surface area contributed by atoms with E-state index in [1.165, 1.54) is 6.20 Å². The predicted octanol–water partition coefficient (Wildman–Crippen LogP) is 0.615. The van der Waals surface area contributed by atoms with E-state index in [4.69, 9.17) is 5.73 Å². The number of halogens is 1. The van der Waals surface area contributed by atoms with Crippen LogP contribution in [0.1, 0.15) is 10.5 Å². The van der Waals surface area contributed by atoms with E-state index < -0.39 is 5.82 Å². The molecule has 0 aromatic carbocycles. The number of anilines is 1. The minimum Gasteiger partial charge on any atom is -0.394 e. The monoisotopic (exact) mass is 140 g/mol. The Labute approximate surface area is 56.7 Å². The Morgan fingerprint density at radius 3 is 2.90 bits per heavy atom. The first-order valence-electron chi connectivity index (χ1n) is 2.61. The van der Waals surface area contributed by atoms with Gasteiger partial charge in [0.15, 0.2) is 6.29 Å². The van der Waals surface area contributed by atoms with E-state index in [0.29, 0.717) is 6.29 Å². The maximum absolute atomic E-state index is 12.4. The molecule has 0 aliphatic carbocycles. The zero-order valence-corrected chi connectivity index (χ0v) is 5.04. The SMILES string of the molecule is Nc1c(F)ccnc1C=O. The third kappa shape index (κ3) is 0.953. The number of carbonyl (C=O) groups is 1. The molecule has 52 valence electrons. The highest BCUT2D eigenvalue weighted by Gasteiger charge is 2.02. The molecule has 0 spiro atoms. The van der Waals surface area contributed by atoms with Gasteiger partial charge in [0.1, 0.15) is 11.5 Å². The third-order valence-corrected chi connectivity index (χ3v) is 1.08. The molecule has 1 aromatic heterocycles. The van der Waals surface area contributed by atoms with Crippen LogP contribution in [0.5, 0.6) is 0 Å². The van der Waals surface area contributed by atoms with Gasteiger partial charge in [-0.05, 0) is 6.07 Å². The minimum atomic E-state index is -0.614. The first kappa shape index (κ1) is 6.67. The minimum absolute atomic E-state index is 0.0556. The number of carbonyl (C=O) groups excluding carboxylic acids is 1. The predicted molar refractivity (Wildman–Crippen MR) is 34.0 cm³/mol. The summed E-state index contributed by atoms with van der Waals surface area (Å²) in [5.41, 5.74) is 4.87. The zero-order chi connectivity index (χ0) is 7.56. The van der Waals surface area contributed by atoms with Crippen molar-refractivity contribution in [2.45, 2.75) is 0 Å². The standard InChI is InChI=1S/C6H5FN2O/c7-4-1-2-9-5(3-10)6(4)8/h1-3H,8H2. The molecule has 1 rings (SSSR count). The molecule has 3 nitrogen and oxygen atoms in total. The van der Waals surface area contributed by atoms with Crippen LogP contribution in [-0.4, -0.2) is 11.3 Å². The summed E-state index contributed by atoms with van der Waals surface area (Å²) < 4.78 is 12.4. The van der Waals surface area contributed by atoms with Crippen molar-refractivity contribution in [3.8, 4) is 0 Å². The Balaban J connectivity index is 3.27. The lowest BCUT2D eigenvalue weighted by Crippen LogP contribution is -1.98. The van der Waals surface area contributed by atoms with Crippen molar-refractivity contribution in [1.82, 2.24) is 4.98 Å². The second kappa shape index (κ2) is 2.43. The summed E-state index contributed by atoms with van der Waals surface area (Å²) in [5.74, 6) is -0.614. The number of nitrogens with zero attached hydrogens (tertiary/aromatic N) is 1. The fraction of sp³-hybridized carbons (Fsp3) is 0. The van der Waals surface area contributed by atoms with Crippen LogP contribution < -0.4 is 5.73 Å².